The third-order valence-electron chi connectivity index (χ3n) is 3.69. The number of ether oxygens (including phenoxy) is 2. The molecule has 0 spiro atoms. The van der Waals surface area contributed by atoms with Crippen molar-refractivity contribution in [2.45, 2.75) is 5.44 Å². The summed E-state index contributed by atoms with van der Waals surface area (Å²) in [6.07, 6.45) is 1.94. The van der Waals surface area contributed by atoms with Crippen LogP contribution in [0.3, 0.4) is 0 Å². The van der Waals surface area contributed by atoms with E-state index in [4.69, 9.17) is 9.47 Å². The van der Waals surface area contributed by atoms with Crippen LogP contribution >= 0.6 is 11.8 Å². The van der Waals surface area contributed by atoms with E-state index < -0.39 is 0 Å². The van der Waals surface area contributed by atoms with Gasteiger partial charge in [-0.1, -0.05) is 36.4 Å². The number of cyclic esters (lactones) is 1. The molecule has 4 heteroatoms. The first-order chi connectivity index (χ1) is 10.3. The SMILES string of the molecule is CSC1OC(=O)C2=C1c1ccccc1Oc1ccccc12. The number of hydrogen-bond donors (Lipinski definition) is 0. The fraction of sp³-hybridized carbons (Fsp3) is 0.118. The Balaban J connectivity index is 2.08. The van der Waals surface area contributed by atoms with Crippen molar-refractivity contribution in [3.63, 3.8) is 0 Å². The Bertz CT molecular complexity index is 779. The second-order valence-electron chi connectivity index (χ2n) is 4.86. The van der Waals surface area contributed by atoms with Crippen LogP contribution in [-0.2, 0) is 9.53 Å². The minimum atomic E-state index is -0.289. The van der Waals surface area contributed by atoms with Crippen LogP contribution < -0.4 is 4.74 Å². The van der Waals surface area contributed by atoms with Gasteiger partial charge in [-0.05, 0) is 18.4 Å². The zero-order valence-corrected chi connectivity index (χ0v) is 12.1. The quantitative estimate of drug-likeness (QED) is 0.746. The summed E-state index contributed by atoms with van der Waals surface area (Å²) < 4.78 is 11.5. The largest absolute Gasteiger partial charge is 0.456 e. The zero-order valence-electron chi connectivity index (χ0n) is 11.3. The molecule has 2 aliphatic rings. The number of rotatable bonds is 1. The molecule has 0 bridgehead atoms. The molecule has 104 valence electrons. The standard InChI is InChI=1S/C17H12O3S/c1-21-17-15-11-7-3-5-9-13(11)19-12-8-4-2-6-10(12)14(15)16(18)20-17/h2-9,17H,1H3. The van der Waals surface area contributed by atoms with E-state index in [0.717, 1.165) is 22.4 Å². The minimum absolute atomic E-state index is 0.280. The van der Waals surface area contributed by atoms with Crippen LogP contribution in [0.25, 0.3) is 11.1 Å². The first-order valence-electron chi connectivity index (χ1n) is 6.64. The van der Waals surface area contributed by atoms with Crippen LogP contribution in [-0.4, -0.2) is 17.7 Å². The van der Waals surface area contributed by atoms with Gasteiger partial charge in [0.25, 0.3) is 0 Å². The molecule has 0 saturated carbocycles. The molecule has 0 aliphatic carbocycles. The number of thioether (sulfide) groups is 1. The van der Waals surface area contributed by atoms with Crippen molar-refractivity contribution in [2.75, 3.05) is 6.26 Å². The van der Waals surface area contributed by atoms with Gasteiger partial charge in [0.15, 0.2) is 5.44 Å². The van der Waals surface area contributed by atoms with Crippen LogP contribution in [0.5, 0.6) is 11.5 Å². The third-order valence-corrected chi connectivity index (χ3v) is 4.45. The van der Waals surface area contributed by atoms with Gasteiger partial charge in [-0.25, -0.2) is 4.79 Å². The molecule has 0 amide bonds. The zero-order chi connectivity index (χ0) is 14.4. The third kappa shape index (κ3) is 1.79. The molecule has 2 aliphatic heterocycles. The van der Waals surface area contributed by atoms with E-state index in [1.165, 1.54) is 11.8 Å². The highest BCUT2D eigenvalue weighted by Crippen LogP contribution is 2.49. The molecule has 4 rings (SSSR count). The molecule has 0 N–H and O–H groups in total. The van der Waals surface area contributed by atoms with E-state index in [0.29, 0.717) is 11.3 Å². The average molecular weight is 296 g/mol. The van der Waals surface area contributed by atoms with Gasteiger partial charge in [-0.15, -0.1) is 11.8 Å². The molecule has 3 nitrogen and oxygen atoms in total. The van der Waals surface area contributed by atoms with Gasteiger partial charge in [0, 0.05) is 16.7 Å². The minimum Gasteiger partial charge on any atom is -0.456 e. The van der Waals surface area contributed by atoms with Gasteiger partial charge in [0.2, 0.25) is 0 Å². The Labute approximate surface area is 126 Å². The summed E-state index contributed by atoms with van der Waals surface area (Å²) in [5.41, 5.74) is 2.96. The van der Waals surface area contributed by atoms with Crippen LogP contribution in [0.15, 0.2) is 48.5 Å². The molecule has 1 atom stereocenters. The molecule has 0 fully saturated rings. The summed E-state index contributed by atoms with van der Waals surface area (Å²) in [6, 6.07) is 15.4. The first-order valence-corrected chi connectivity index (χ1v) is 7.93. The second-order valence-corrected chi connectivity index (χ2v) is 5.76. The van der Waals surface area contributed by atoms with E-state index in [-0.39, 0.29) is 11.4 Å². The summed E-state index contributed by atoms with van der Waals surface area (Å²) in [5.74, 6) is 1.16. The molecule has 1 unspecified atom stereocenters. The molecular formula is C17H12O3S. The lowest BCUT2D eigenvalue weighted by Gasteiger charge is -2.14. The predicted octanol–water partition coefficient (Wildman–Crippen LogP) is 3.95. The molecule has 0 aromatic heterocycles. The number of carbonyl (C=O) groups is 1. The molecule has 21 heavy (non-hydrogen) atoms. The van der Waals surface area contributed by atoms with E-state index in [9.17, 15) is 4.79 Å². The normalized spacial score (nSPS) is 19.1. The Morgan fingerprint density at radius 3 is 2.29 bits per heavy atom. The highest BCUT2D eigenvalue weighted by Gasteiger charge is 2.39. The molecule has 2 aromatic rings. The van der Waals surface area contributed by atoms with E-state index in [2.05, 4.69) is 0 Å². The van der Waals surface area contributed by atoms with Gasteiger partial charge in [0.05, 0.1) is 5.57 Å². The second kappa shape index (κ2) is 4.67. The molecule has 2 aromatic carbocycles. The van der Waals surface area contributed by atoms with Gasteiger partial charge >= 0.3 is 5.97 Å². The lowest BCUT2D eigenvalue weighted by molar-refractivity contribution is -0.134. The number of hydrogen-bond acceptors (Lipinski definition) is 4. The topological polar surface area (TPSA) is 35.5 Å². The molecule has 0 saturated heterocycles. The average Bonchev–Trinajstić information content (AvgIpc) is 2.76. The Kier molecular flexibility index (Phi) is 2.79. The summed E-state index contributed by atoms with van der Waals surface area (Å²) in [6.45, 7) is 0. The molecular weight excluding hydrogens is 284 g/mol. The lowest BCUT2D eigenvalue weighted by atomic mass is 9.97. The van der Waals surface area contributed by atoms with Crippen molar-refractivity contribution in [3.05, 3.63) is 59.7 Å². The van der Waals surface area contributed by atoms with Crippen molar-refractivity contribution in [2.24, 2.45) is 0 Å². The maximum Gasteiger partial charge on any atom is 0.340 e. The summed E-state index contributed by atoms with van der Waals surface area (Å²) in [4.78, 5) is 12.4. The van der Waals surface area contributed by atoms with Gasteiger partial charge in [-0.3, -0.25) is 0 Å². The maximum absolute atomic E-state index is 12.4. The van der Waals surface area contributed by atoms with Crippen molar-refractivity contribution >= 4 is 28.9 Å². The Morgan fingerprint density at radius 1 is 0.952 bits per heavy atom. The monoisotopic (exact) mass is 296 g/mol. The molecule has 2 heterocycles. The molecule has 0 radical (unpaired) electrons. The van der Waals surface area contributed by atoms with Crippen LogP contribution in [0.4, 0.5) is 0 Å². The number of esters is 1. The summed E-state index contributed by atoms with van der Waals surface area (Å²) in [5, 5.41) is 0. The van der Waals surface area contributed by atoms with Gasteiger partial charge in [0.1, 0.15) is 11.5 Å². The fourth-order valence-electron chi connectivity index (χ4n) is 2.78. The number of fused-ring (bicyclic) bond motifs is 4. The number of para-hydroxylation sites is 2. The Hall–Kier alpha value is -2.20. The predicted molar refractivity (Wildman–Crippen MR) is 83.2 cm³/mol. The van der Waals surface area contributed by atoms with Crippen molar-refractivity contribution in [3.8, 4) is 11.5 Å². The van der Waals surface area contributed by atoms with Gasteiger partial charge < -0.3 is 9.47 Å². The lowest BCUT2D eigenvalue weighted by Crippen LogP contribution is -2.07. The number of carbonyl (C=O) groups excluding carboxylic acids is 1. The number of benzene rings is 2. The van der Waals surface area contributed by atoms with Gasteiger partial charge in [-0.2, -0.15) is 0 Å². The van der Waals surface area contributed by atoms with Crippen molar-refractivity contribution in [1.82, 2.24) is 0 Å². The highest BCUT2D eigenvalue weighted by atomic mass is 32.2. The van der Waals surface area contributed by atoms with E-state index >= 15 is 0 Å². The fourth-order valence-corrected chi connectivity index (χ4v) is 3.45. The van der Waals surface area contributed by atoms with Crippen LogP contribution in [0, 0.1) is 0 Å². The summed E-state index contributed by atoms with van der Waals surface area (Å²) >= 11 is 1.51. The Morgan fingerprint density at radius 2 is 1.57 bits per heavy atom. The van der Waals surface area contributed by atoms with Crippen LogP contribution in [0.2, 0.25) is 0 Å². The summed E-state index contributed by atoms with van der Waals surface area (Å²) in [7, 11) is 0. The smallest absolute Gasteiger partial charge is 0.340 e. The van der Waals surface area contributed by atoms with Crippen molar-refractivity contribution < 1.29 is 14.3 Å². The maximum atomic E-state index is 12.4. The van der Waals surface area contributed by atoms with Crippen LogP contribution in [0.1, 0.15) is 11.1 Å². The van der Waals surface area contributed by atoms with E-state index in [1.807, 2.05) is 54.8 Å². The van der Waals surface area contributed by atoms with E-state index in [1.54, 1.807) is 0 Å². The van der Waals surface area contributed by atoms with Crippen molar-refractivity contribution in [1.29, 1.82) is 0 Å². The first kappa shape index (κ1) is 12.5. The highest BCUT2D eigenvalue weighted by molar-refractivity contribution is 7.99.